The molecule has 1 aromatic heterocycles. The van der Waals surface area contributed by atoms with Crippen molar-refractivity contribution in [3.8, 4) is 11.3 Å². The Hall–Kier alpha value is -2.01. The molecule has 0 radical (unpaired) electrons. The lowest BCUT2D eigenvalue weighted by Crippen LogP contribution is -2.36. The van der Waals surface area contributed by atoms with E-state index in [1.54, 1.807) is 4.68 Å². The second-order valence-corrected chi connectivity index (χ2v) is 4.72. The van der Waals surface area contributed by atoms with Gasteiger partial charge >= 0.3 is 0 Å². The minimum atomic E-state index is 0.673. The first-order chi connectivity index (χ1) is 9.24. The molecule has 0 aliphatic carbocycles. The number of nitrogens with zero attached hydrogens (tertiary/aromatic N) is 3. The number of hydrogen-bond donors (Lipinski definition) is 1. The van der Waals surface area contributed by atoms with Crippen molar-refractivity contribution >= 4 is 11.5 Å². The van der Waals surface area contributed by atoms with E-state index >= 15 is 0 Å². The zero-order valence-corrected chi connectivity index (χ0v) is 11.0. The van der Waals surface area contributed by atoms with Crippen LogP contribution in [0.3, 0.4) is 0 Å². The summed E-state index contributed by atoms with van der Waals surface area (Å²) in [7, 11) is 1.85. The van der Waals surface area contributed by atoms with Crippen molar-refractivity contribution in [1.82, 2.24) is 9.78 Å². The summed E-state index contributed by atoms with van der Waals surface area (Å²) in [6.07, 6.45) is 0. The molecule has 2 aromatic rings. The first kappa shape index (κ1) is 12.0. The second kappa shape index (κ2) is 4.93. The predicted molar refractivity (Wildman–Crippen MR) is 76.1 cm³/mol. The highest BCUT2D eigenvalue weighted by Gasteiger charge is 2.11. The summed E-state index contributed by atoms with van der Waals surface area (Å²) in [4.78, 5) is 2.33. The van der Waals surface area contributed by atoms with Gasteiger partial charge in [0.2, 0.25) is 0 Å². The van der Waals surface area contributed by atoms with E-state index in [4.69, 9.17) is 10.5 Å². The number of rotatable bonds is 2. The standard InChI is InChI=1S/C14H18N4O/c1-17-14(15)10-13(16-17)11-2-4-12(5-3-11)18-6-8-19-9-7-18/h2-5,10H,6-9,15H2,1H3. The Morgan fingerprint density at radius 2 is 1.84 bits per heavy atom. The summed E-state index contributed by atoms with van der Waals surface area (Å²) < 4.78 is 7.05. The Morgan fingerprint density at radius 1 is 1.16 bits per heavy atom. The van der Waals surface area contributed by atoms with Gasteiger partial charge in [-0.2, -0.15) is 5.10 Å². The largest absolute Gasteiger partial charge is 0.384 e. The van der Waals surface area contributed by atoms with E-state index in [1.165, 1.54) is 5.69 Å². The highest BCUT2D eigenvalue weighted by Crippen LogP contribution is 2.23. The van der Waals surface area contributed by atoms with Crippen molar-refractivity contribution in [3.63, 3.8) is 0 Å². The smallest absolute Gasteiger partial charge is 0.121 e. The number of ether oxygens (including phenoxy) is 1. The Balaban J connectivity index is 1.82. The van der Waals surface area contributed by atoms with Crippen LogP contribution in [0.25, 0.3) is 11.3 Å². The van der Waals surface area contributed by atoms with Gasteiger partial charge in [0, 0.05) is 37.5 Å². The average molecular weight is 258 g/mol. The molecule has 1 aromatic carbocycles. The van der Waals surface area contributed by atoms with Gasteiger partial charge in [-0.1, -0.05) is 12.1 Å². The predicted octanol–water partition coefficient (Wildman–Crippen LogP) is 1.51. The van der Waals surface area contributed by atoms with Gasteiger partial charge < -0.3 is 15.4 Å². The molecule has 3 rings (SSSR count). The van der Waals surface area contributed by atoms with Crippen LogP contribution in [-0.2, 0) is 11.8 Å². The number of morpholine rings is 1. The van der Waals surface area contributed by atoms with Crippen molar-refractivity contribution in [2.24, 2.45) is 7.05 Å². The molecular weight excluding hydrogens is 240 g/mol. The summed E-state index contributed by atoms with van der Waals surface area (Å²) in [6.45, 7) is 3.52. The van der Waals surface area contributed by atoms with Gasteiger partial charge in [0.1, 0.15) is 5.82 Å². The molecule has 0 bridgehead atoms. The topological polar surface area (TPSA) is 56.3 Å². The summed E-state index contributed by atoms with van der Waals surface area (Å²) in [6, 6.07) is 10.3. The van der Waals surface area contributed by atoms with Gasteiger partial charge in [0.05, 0.1) is 18.9 Å². The van der Waals surface area contributed by atoms with Gasteiger partial charge in [0.15, 0.2) is 0 Å². The van der Waals surface area contributed by atoms with E-state index in [-0.39, 0.29) is 0 Å². The van der Waals surface area contributed by atoms with Crippen LogP contribution >= 0.6 is 0 Å². The maximum atomic E-state index is 5.80. The van der Waals surface area contributed by atoms with Gasteiger partial charge in [-0.25, -0.2) is 0 Å². The highest BCUT2D eigenvalue weighted by molar-refractivity contribution is 5.65. The minimum absolute atomic E-state index is 0.673. The normalized spacial score (nSPS) is 15.7. The molecular formula is C14H18N4O. The number of benzene rings is 1. The maximum Gasteiger partial charge on any atom is 0.121 e. The van der Waals surface area contributed by atoms with E-state index in [2.05, 4.69) is 34.3 Å². The molecule has 0 saturated carbocycles. The number of nitrogen functional groups attached to an aromatic ring is 1. The van der Waals surface area contributed by atoms with Crippen molar-refractivity contribution < 1.29 is 4.74 Å². The summed E-state index contributed by atoms with van der Waals surface area (Å²) in [5.41, 5.74) is 9.03. The van der Waals surface area contributed by atoms with E-state index in [0.29, 0.717) is 5.82 Å². The van der Waals surface area contributed by atoms with Crippen molar-refractivity contribution in [1.29, 1.82) is 0 Å². The molecule has 0 spiro atoms. The third-order valence-electron chi connectivity index (χ3n) is 3.46. The minimum Gasteiger partial charge on any atom is -0.384 e. The van der Waals surface area contributed by atoms with Crippen molar-refractivity contribution in [2.45, 2.75) is 0 Å². The third kappa shape index (κ3) is 2.42. The van der Waals surface area contributed by atoms with Gasteiger partial charge in [-0.3, -0.25) is 4.68 Å². The molecule has 0 unspecified atom stereocenters. The lowest BCUT2D eigenvalue weighted by molar-refractivity contribution is 0.122. The van der Waals surface area contributed by atoms with Crippen LogP contribution in [-0.4, -0.2) is 36.1 Å². The highest BCUT2D eigenvalue weighted by atomic mass is 16.5. The first-order valence-corrected chi connectivity index (χ1v) is 6.47. The van der Waals surface area contributed by atoms with Crippen molar-refractivity contribution in [3.05, 3.63) is 30.3 Å². The molecule has 5 nitrogen and oxygen atoms in total. The molecule has 5 heteroatoms. The van der Waals surface area contributed by atoms with Crippen LogP contribution in [0.15, 0.2) is 30.3 Å². The molecule has 1 fully saturated rings. The molecule has 100 valence electrons. The Morgan fingerprint density at radius 3 is 2.42 bits per heavy atom. The quantitative estimate of drug-likeness (QED) is 0.887. The van der Waals surface area contributed by atoms with E-state index in [0.717, 1.165) is 37.6 Å². The SMILES string of the molecule is Cn1nc(-c2ccc(N3CCOCC3)cc2)cc1N. The third-order valence-corrected chi connectivity index (χ3v) is 3.46. The van der Waals surface area contributed by atoms with Gasteiger partial charge in [0.25, 0.3) is 0 Å². The molecule has 1 saturated heterocycles. The Bertz CT molecular complexity index is 536. The van der Waals surface area contributed by atoms with E-state index in [9.17, 15) is 0 Å². The number of hydrogen-bond acceptors (Lipinski definition) is 4. The maximum absolute atomic E-state index is 5.80. The summed E-state index contributed by atoms with van der Waals surface area (Å²) >= 11 is 0. The summed E-state index contributed by atoms with van der Waals surface area (Å²) in [5.74, 6) is 0.673. The number of aromatic nitrogens is 2. The zero-order valence-electron chi connectivity index (χ0n) is 11.0. The Labute approximate surface area is 112 Å². The molecule has 2 heterocycles. The number of aryl methyl sites for hydroxylation is 1. The van der Waals surface area contributed by atoms with Crippen LogP contribution in [0.4, 0.5) is 11.5 Å². The lowest BCUT2D eigenvalue weighted by atomic mass is 10.1. The Kier molecular flexibility index (Phi) is 3.13. The fourth-order valence-corrected chi connectivity index (χ4v) is 2.29. The van der Waals surface area contributed by atoms with E-state index < -0.39 is 0 Å². The van der Waals surface area contributed by atoms with Crippen LogP contribution in [0.5, 0.6) is 0 Å². The van der Waals surface area contributed by atoms with Gasteiger partial charge in [-0.15, -0.1) is 0 Å². The second-order valence-electron chi connectivity index (χ2n) is 4.72. The van der Waals surface area contributed by atoms with Gasteiger partial charge in [-0.05, 0) is 12.1 Å². The fourth-order valence-electron chi connectivity index (χ4n) is 2.29. The fraction of sp³-hybridized carbons (Fsp3) is 0.357. The first-order valence-electron chi connectivity index (χ1n) is 6.47. The molecule has 1 aliphatic rings. The molecule has 2 N–H and O–H groups in total. The van der Waals surface area contributed by atoms with Crippen LogP contribution in [0, 0.1) is 0 Å². The van der Waals surface area contributed by atoms with Crippen LogP contribution in [0.2, 0.25) is 0 Å². The number of nitrogens with two attached hydrogens (primary N) is 1. The zero-order chi connectivity index (χ0) is 13.2. The molecule has 0 amide bonds. The lowest BCUT2D eigenvalue weighted by Gasteiger charge is -2.28. The molecule has 1 aliphatic heterocycles. The molecule has 0 atom stereocenters. The van der Waals surface area contributed by atoms with Crippen LogP contribution in [0.1, 0.15) is 0 Å². The van der Waals surface area contributed by atoms with Crippen LogP contribution < -0.4 is 10.6 Å². The monoisotopic (exact) mass is 258 g/mol. The summed E-state index contributed by atoms with van der Waals surface area (Å²) in [5, 5.41) is 4.38. The average Bonchev–Trinajstić information content (AvgIpc) is 2.80. The number of anilines is 2. The van der Waals surface area contributed by atoms with E-state index in [1.807, 2.05) is 13.1 Å². The van der Waals surface area contributed by atoms with Crippen molar-refractivity contribution in [2.75, 3.05) is 36.9 Å². The molecule has 19 heavy (non-hydrogen) atoms.